The molecule has 0 aliphatic rings. The van der Waals surface area contributed by atoms with Crippen LogP contribution in [0.5, 0.6) is 0 Å². The van der Waals surface area contributed by atoms with Crippen molar-refractivity contribution >= 4 is 21.8 Å². The standard InChI is InChI=1S/C13H18BrFN2O/c1-16(2)7-4-8-17(3)13(18)11-6-5-10(14)9-12(11)15/h5-6,9H,4,7-8H2,1-3H3. The smallest absolute Gasteiger partial charge is 0.256 e. The lowest BCUT2D eigenvalue weighted by Crippen LogP contribution is -2.30. The lowest BCUT2D eigenvalue weighted by atomic mass is 10.2. The molecule has 3 nitrogen and oxygen atoms in total. The zero-order chi connectivity index (χ0) is 13.7. The minimum atomic E-state index is -0.492. The number of halogens is 2. The number of benzene rings is 1. The molecule has 0 bridgehead atoms. The van der Waals surface area contributed by atoms with E-state index in [0.29, 0.717) is 11.0 Å². The highest BCUT2D eigenvalue weighted by Crippen LogP contribution is 2.16. The molecule has 0 heterocycles. The summed E-state index contributed by atoms with van der Waals surface area (Å²) in [5.41, 5.74) is 0.116. The fraction of sp³-hybridized carbons (Fsp3) is 0.462. The van der Waals surface area contributed by atoms with Crippen molar-refractivity contribution in [1.82, 2.24) is 9.80 Å². The second-order valence-electron chi connectivity index (χ2n) is 4.51. The summed E-state index contributed by atoms with van der Waals surface area (Å²) < 4.78 is 14.3. The minimum absolute atomic E-state index is 0.116. The Morgan fingerprint density at radius 1 is 1.28 bits per heavy atom. The maximum absolute atomic E-state index is 13.6. The van der Waals surface area contributed by atoms with E-state index in [1.54, 1.807) is 18.0 Å². The van der Waals surface area contributed by atoms with Crippen molar-refractivity contribution in [3.8, 4) is 0 Å². The number of nitrogens with zero attached hydrogens (tertiary/aromatic N) is 2. The van der Waals surface area contributed by atoms with Gasteiger partial charge in [-0.15, -0.1) is 0 Å². The van der Waals surface area contributed by atoms with Gasteiger partial charge in [0.15, 0.2) is 0 Å². The van der Waals surface area contributed by atoms with E-state index in [1.807, 2.05) is 14.1 Å². The Kier molecular flexibility index (Phi) is 5.75. The number of hydrogen-bond donors (Lipinski definition) is 0. The molecule has 0 spiro atoms. The number of rotatable bonds is 5. The average Bonchev–Trinajstić information content (AvgIpc) is 2.27. The quantitative estimate of drug-likeness (QED) is 0.833. The van der Waals surface area contributed by atoms with Gasteiger partial charge >= 0.3 is 0 Å². The van der Waals surface area contributed by atoms with Crippen LogP contribution in [0.15, 0.2) is 22.7 Å². The molecular formula is C13H18BrFN2O. The Morgan fingerprint density at radius 2 is 1.94 bits per heavy atom. The van der Waals surface area contributed by atoms with Crippen molar-refractivity contribution < 1.29 is 9.18 Å². The third-order valence-electron chi connectivity index (χ3n) is 2.61. The first-order valence-electron chi connectivity index (χ1n) is 5.77. The Morgan fingerprint density at radius 3 is 2.50 bits per heavy atom. The van der Waals surface area contributed by atoms with Crippen molar-refractivity contribution in [3.63, 3.8) is 0 Å². The molecule has 0 aromatic heterocycles. The van der Waals surface area contributed by atoms with E-state index in [4.69, 9.17) is 0 Å². The molecule has 1 aromatic rings. The van der Waals surface area contributed by atoms with E-state index in [2.05, 4.69) is 20.8 Å². The maximum Gasteiger partial charge on any atom is 0.256 e. The molecule has 100 valence electrons. The highest BCUT2D eigenvalue weighted by atomic mass is 79.9. The van der Waals surface area contributed by atoms with Crippen molar-refractivity contribution in [2.24, 2.45) is 0 Å². The predicted molar refractivity (Wildman–Crippen MR) is 74.2 cm³/mol. The van der Waals surface area contributed by atoms with Crippen LogP contribution < -0.4 is 0 Å². The highest BCUT2D eigenvalue weighted by Gasteiger charge is 2.15. The van der Waals surface area contributed by atoms with Crippen molar-refractivity contribution in [2.45, 2.75) is 6.42 Å². The van der Waals surface area contributed by atoms with Crippen LogP contribution in [0, 0.1) is 5.82 Å². The molecule has 0 atom stereocenters. The third-order valence-corrected chi connectivity index (χ3v) is 3.10. The number of carbonyl (C=O) groups is 1. The van der Waals surface area contributed by atoms with Gasteiger partial charge in [0.05, 0.1) is 5.56 Å². The summed E-state index contributed by atoms with van der Waals surface area (Å²) in [6.45, 7) is 1.52. The van der Waals surface area contributed by atoms with Crippen molar-refractivity contribution in [2.75, 3.05) is 34.2 Å². The molecule has 0 unspecified atom stereocenters. The SMILES string of the molecule is CN(C)CCCN(C)C(=O)c1ccc(Br)cc1F. The van der Waals surface area contributed by atoms with Gasteiger partial charge in [0, 0.05) is 18.1 Å². The molecule has 18 heavy (non-hydrogen) atoms. The topological polar surface area (TPSA) is 23.6 Å². The summed E-state index contributed by atoms with van der Waals surface area (Å²) in [5, 5.41) is 0. The molecule has 0 radical (unpaired) electrons. The maximum atomic E-state index is 13.6. The van der Waals surface area contributed by atoms with Gasteiger partial charge < -0.3 is 9.80 Å². The Labute approximate surface area is 116 Å². The van der Waals surface area contributed by atoms with E-state index in [9.17, 15) is 9.18 Å². The first-order valence-corrected chi connectivity index (χ1v) is 6.56. The monoisotopic (exact) mass is 316 g/mol. The van der Waals surface area contributed by atoms with Gasteiger partial charge in [0.2, 0.25) is 0 Å². The van der Waals surface area contributed by atoms with E-state index in [-0.39, 0.29) is 11.5 Å². The van der Waals surface area contributed by atoms with Crippen LogP contribution in [-0.4, -0.2) is 49.9 Å². The first kappa shape index (κ1) is 15.1. The fourth-order valence-electron chi connectivity index (χ4n) is 1.59. The molecule has 1 aromatic carbocycles. The molecule has 0 saturated heterocycles. The molecule has 1 amide bonds. The minimum Gasteiger partial charge on any atom is -0.342 e. The zero-order valence-corrected chi connectivity index (χ0v) is 12.5. The highest BCUT2D eigenvalue weighted by molar-refractivity contribution is 9.10. The van der Waals surface area contributed by atoms with Crippen molar-refractivity contribution in [1.29, 1.82) is 0 Å². The van der Waals surface area contributed by atoms with Gasteiger partial charge in [0.1, 0.15) is 5.82 Å². The summed E-state index contributed by atoms with van der Waals surface area (Å²) in [7, 11) is 5.66. The lowest BCUT2D eigenvalue weighted by molar-refractivity contribution is 0.0786. The molecule has 1 rings (SSSR count). The first-order chi connectivity index (χ1) is 8.41. The van der Waals surface area contributed by atoms with Crippen LogP contribution in [-0.2, 0) is 0 Å². The summed E-state index contributed by atoms with van der Waals surface area (Å²) in [6, 6.07) is 4.48. The van der Waals surface area contributed by atoms with E-state index in [1.165, 1.54) is 12.1 Å². The summed E-state index contributed by atoms with van der Waals surface area (Å²) >= 11 is 3.17. The van der Waals surface area contributed by atoms with Crippen LogP contribution in [0.4, 0.5) is 4.39 Å². The summed E-state index contributed by atoms with van der Waals surface area (Å²) in [4.78, 5) is 15.6. The van der Waals surface area contributed by atoms with E-state index < -0.39 is 5.82 Å². The molecule has 0 N–H and O–H groups in total. The lowest BCUT2D eigenvalue weighted by Gasteiger charge is -2.19. The summed E-state index contributed by atoms with van der Waals surface area (Å²) in [6.07, 6.45) is 0.868. The molecule has 0 saturated carbocycles. The van der Waals surface area contributed by atoms with Gasteiger partial charge in [0.25, 0.3) is 5.91 Å². The molecule has 0 fully saturated rings. The van der Waals surface area contributed by atoms with Gasteiger partial charge in [-0.25, -0.2) is 4.39 Å². The second kappa shape index (κ2) is 6.85. The number of carbonyl (C=O) groups excluding carboxylic acids is 1. The van der Waals surface area contributed by atoms with Crippen LogP contribution >= 0.6 is 15.9 Å². The second-order valence-corrected chi connectivity index (χ2v) is 5.42. The Hall–Kier alpha value is -0.940. The largest absolute Gasteiger partial charge is 0.342 e. The van der Waals surface area contributed by atoms with Gasteiger partial charge in [-0.1, -0.05) is 15.9 Å². The van der Waals surface area contributed by atoms with E-state index in [0.717, 1.165) is 13.0 Å². The molecule has 0 aliphatic carbocycles. The van der Waals surface area contributed by atoms with Crippen LogP contribution in [0.1, 0.15) is 16.8 Å². The average molecular weight is 317 g/mol. The normalized spacial score (nSPS) is 10.8. The Bertz CT molecular complexity index is 423. The molecule has 0 aliphatic heterocycles. The number of amides is 1. The predicted octanol–water partition coefficient (Wildman–Crippen LogP) is 2.61. The number of hydrogen-bond acceptors (Lipinski definition) is 2. The van der Waals surface area contributed by atoms with Crippen LogP contribution in [0.25, 0.3) is 0 Å². The zero-order valence-electron chi connectivity index (χ0n) is 10.9. The van der Waals surface area contributed by atoms with Crippen LogP contribution in [0.2, 0.25) is 0 Å². The third kappa shape index (κ3) is 4.38. The van der Waals surface area contributed by atoms with E-state index >= 15 is 0 Å². The van der Waals surface area contributed by atoms with Crippen molar-refractivity contribution in [3.05, 3.63) is 34.1 Å². The Balaban J connectivity index is 2.63. The molecule has 5 heteroatoms. The van der Waals surface area contributed by atoms with Gasteiger partial charge in [-0.05, 0) is 45.3 Å². The van der Waals surface area contributed by atoms with Gasteiger partial charge in [-0.2, -0.15) is 0 Å². The van der Waals surface area contributed by atoms with Gasteiger partial charge in [-0.3, -0.25) is 4.79 Å². The molecular weight excluding hydrogens is 299 g/mol. The van der Waals surface area contributed by atoms with Crippen LogP contribution in [0.3, 0.4) is 0 Å². The fourth-order valence-corrected chi connectivity index (χ4v) is 1.93. The summed E-state index contributed by atoms with van der Waals surface area (Å²) in [5.74, 6) is -0.771.